The number of halogens is 3. The number of piperidine rings is 1. The maximum absolute atomic E-state index is 12.1. The molecule has 1 saturated heterocycles. The molecule has 19 heavy (non-hydrogen) atoms. The van der Waals surface area contributed by atoms with E-state index in [0.29, 0.717) is 19.5 Å². The zero-order valence-electron chi connectivity index (χ0n) is 10.7. The highest BCUT2D eigenvalue weighted by Gasteiger charge is 2.37. The van der Waals surface area contributed by atoms with E-state index in [-0.39, 0.29) is 12.5 Å². The molecule has 1 aliphatic heterocycles. The molecule has 2 N–H and O–H groups in total. The van der Waals surface area contributed by atoms with Crippen molar-refractivity contribution in [3.63, 3.8) is 0 Å². The Morgan fingerprint density at radius 2 is 2.11 bits per heavy atom. The van der Waals surface area contributed by atoms with Crippen LogP contribution in [-0.2, 0) is 10.0 Å². The van der Waals surface area contributed by atoms with Crippen LogP contribution >= 0.6 is 0 Å². The summed E-state index contributed by atoms with van der Waals surface area (Å²) in [7, 11) is -3.25. The quantitative estimate of drug-likeness (QED) is 0.760. The predicted octanol–water partition coefficient (Wildman–Crippen LogP) is 0.171. The molecular weight excluding hydrogens is 285 g/mol. The number of aliphatic hydroxyl groups is 1. The monoisotopic (exact) mass is 304 g/mol. The van der Waals surface area contributed by atoms with Gasteiger partial charge in [-0.05, 0) is 25.3 Å². The third-order valence-electron chi connectivity index (χ3n) is 3.10. The second-order valence-electron chi connectivity index (χ2n) is 4.84. The van der Waals surface area contributed by atoms with E-state index in [1.807, 2.05) is 0 Å². The summed E-state index contributed by atoms with van der Waals surface area (Å²) in [5.41, 5.74) is 0. The molecule has 0 aromatic carbocycles. The van der Waals surface area contributed by atoms with Crippen molar-refractivity contribution in [2.45, 2.75) is 25.1 Å². The molecule has 2 atom stereocenters. The van der Waals surface area contributed by atoms with Crippen molar-refractivity contribution >= 4 is 10.0 Å². The molecule has 2 unspecified atom stereocenters. The van der Waals surface area contributed by atoms with Gasteiger partial charge in [0.1, 0.15) is 0 Å². The summed E-state index contributed by atoms with van der Waals surface area (Å²) < 4.78 is 60.2. The van der Waals surface area contributed by atoms with Crippen LogP contribution in [0.1, 0.15) is 12.8 Å². The Labute approximate surface area is 110 Å². The van der Waals surface area contributed by atoms with Gasteiger partial charge in [0.05, 0.1) is 6.26 Å². The molecule has 0 amide bonds. The zero-order valence-corrected chi connectivity index (χ0v) is 11.5. The lowest BCUT2D eigenvalue weighted by molar-refractivity contribution is -0.201. The van der Waals surface area contributed by atoms with Crippen molar-refractivity contribution in [1.82, 2.24) is 9.62 Å². The predicted molar refractivity (Wildman–Crippen MR) is 64.1 cm³/mol. The van der Waals surface area contributed by atoms with E-state index in [1.54, 1.807) is 0 Å². The minimum Gasteiger partial charge on any atom is -0.382 e. The fourth-order valence-electron chi connectivity index (χ4n) is 2.03. The van der Waals surface area contributed by atoms with E-state index in [9.17, 15) is 21.6 Å². The summed E-state index contributed by atoms with van der Waals surface area (Å²) in [6, 6.07) is 0. The Morgan fingerprint density at radius 1 is 1.47 bits per heavy atom. The molecule has 0 spiro atoms. The van der Waals surface area contributed by atoms with E-state index in [2.05, 4.69) is 5.32 Å². The van der Waals surface area contributed by atoms with E-state index in [1.165, 1.54) is 4.31 Å². The van der Waals surface area contributed by atoms with Crippen LogP contribution in [-0.4, -0.2) is 62.5 Å². The highest BCUT2D eigenvalue weighted by Crippen LogP contribution is 2.20. The zero-order chi connectivity index (χ0) is 14.7. The van der Waals surface area contributed by atoms with Gasteiger partial charge in [0.2, 0.25) is 10.0 Å². The van der Waals surface area contributed by atoms with Crippen molar-refractivity contribution < 1.29 is 26.7 Å². The summed E-state index contributed by atoms with van der Waals surface area (Å²) in [5.74, 6) is -0.0242. The van der Waals surface area contributed by atoms with E-state index < -0.39 is 28.8 Å². The first-order valence-electron chi connectivity index (χ1n) is 6.01. The van der Waals surface area contributed by atoms with Crippen LogP contribution in [0, 0.1) is 5.92 Å². The summed E-state index contributed by atoms with van der Waals surface area (Å²) >= 11 is 0. The second kappa shape index (κ2) is 6.38. The minimum absolute atomic E-state index is 0.0242. The summed E-state index contributed by atoms with van der Waals surface area (Å²) in [6.45, 7) is 0.465. The molecule has 0 aromatic rings. The Balaban J connectivity index is 2.34. The molecule has 0 saturated carbocycles. The largest absolute Gasteiger partial charge is 0.415 e. The van der Waals surface area contributed by atoms with Crippen LogP contribution in [0.25, 0.3) is 0 Å². The molecule has 0 bridgehead atoms. The normalized spacial score (nSPS) is 24.4. The Bertz CT molecular complexity index is 386. The number of hydrogen-bond donors (Lipinski definition) is 2. The molecule has 5 nitrogen and oxygen atoms in total. The third-order valence-corrected chi connectivity index (χ3v) is 4.37. The topological polar surface area (TPSA) is 69.6 Å². The number of nitrogens with one attached hydrogen (secondary N) is 1. The Kier molecular flexibility index (Phi) is 5.60. The maximum atomic E-state index is 12.1. The van der Waals surface area contributed by atoms with Gasteiger partial charge in [-0.25, -0.2) is 12.7 Å². The second-order valence-corrected chi connectivity index (χ2v) is 6.83. The van der Waals surface area contributed by atoms with E-state index in [4.69, 9.17) is 5.11 Å². The maximum Gasteiger partial charge on any atom is 0.415 e. The first-order valence-corrected chi connectivity index (χ1v) is 7.86. The summed E-state index contributed by atoms with van der Waals surface area (Å²) in [5, 5.41) is 11.3. The van der Waals surface area contributed by atoms with Crippen LogP contribution in [0.3, 0.4) is 0 Å². The van der Waals surface area contributed by atoms with Gasteiger partial charge in [0, 0.05) is 19.6 Å². The molecule has 9 heteroatoms. The number of rotatable bonds is 5. The van der Waals surface area contributed by atoms with Gasteiger partial charge in [0.15, 0.2) is 6.10 Å². The fourth-order valence-corrected chi connectivity index (χ4v) is 2.98. The van der Waals surface area contributed by atoms with Crippen molar-refractivity contribution in [3.8, 4) is 0 Å². The number of nitrogens with zero attached hydrogens (tertiary/aromatic N) is 1. The molecule has 0 aliphatic carbocycles. The average Bonchev–Trinajstić information content (AvgIpc) is 2.27. The van der Waals surface area contributed by atoms with E-state index in [0.717, 1.165) is 12.7 Å². The van der Waals surface area contributed by atoms with Gasteiger partial charge >= 0.3 is 6.18 Å². The number of aliphatic hydroxyl groups excluding tert-OH is 1. The van der Waals surface area contributed by atoms with Gasteiger partial charge in [-0.1, -0.05) is 0 Å². The number of alkyl halides is 3. The summed E-state index contributed by atoms with van der Waals surface area (Å²) in [6.07, 6.45) is -4.43. The van der Waals surface area contributed by atoms with Crippen molar-refractivity contribution in [2.24, 2.45) is 5.92 Å². The SMILES string of the molecule is CS(=O)(=O)N1CCCC(CNCC(O)C(F)(F)F)C1. The molecular formula is C10H19F3N2O3S. The molecule has 1 rings (SSSR count). The first-order chi connectivity index (χ1) is 8.60. The van der Waals surface area contributed by atoms with Crippen LogP contribution in [0.2, 0.25) is 0 Å². The number of hydrogen-bond acceptors (Lipinski definition) is 4. The van der Waals surface area contributed by atoms with E-state index >= 15 is 0 Å². The van der Waals surface area contributed by atoms with Crippen molar-refractivity contribution in [3.05, 3.63) is 0 Å². The third kappa shape index (κ3) is 5.64. The molecule has 0 radical (unpaired) electrons. The fraction of sp³-hybridized carbons (Fsp3) is 1.00. The van der Waals surface area contributed by atoms with Crippen LogP contribution in [0.5, 0.6) is 0 Å². The molecule has 1 heterocycles. The van der Waals surface area contributed by atoms with Crippen molar-refractivity contribution in [2.75, 3.05) is 32.4 Å². The first kappa shape index (κ1) is 16.7. The van der Waals surface area contributed by atoms with Gasteiger partial charge in [0.25, 0.3) is 0 Å². The minimum atomic E-state index is -4.63. The van der Waals surface area contributed by atoms with Crippen molar-refractivity contribution in [1.29, 1.82) is 0 Å². The molecule has 1 aliphatic rings. The highest BCUT2D eigenvalue weighted by molar-refractivity contribution is 7.88. The highest BCUT2D eigenvalue weighted by atomic mass is 32.2. The molecule has 1 fully saturated rings. The van der Waals surface area contributed by atoms with Crippen LogP contribution in [0.15, 0.2) is 0 Å². The van der Waals surface area contributed by atoms with Crippen LogP contribution < -0.4 is 5.32 Å². The summed E-state index contributed by atoms with van der Waals surface area (Å²) in [4.78, 5) is 0. The Morgan fingerprint density at radius 3 is 2.63 bits per heavy atom. The standard InChI is InChI=1S/C10H19F3N2O3S/c1-19(17,18)15-4-2-3-8(7-15)5-14-6-9(16)10(11,12)13/h8-9,14,16H,2-7H2,1H3. The lowest BCUT2D eigenvalue weighted by atomic mass is 10.00. The van der Waals surface area contributed by atoms with Gasteiger partial charge in [-0.2, -0.15) is 13.2 Å². The lowest BCUT2D eigenvalue weighted by Crippen LogP contribution is -2.44. The van der Waals surface area contributed by atoms with Gasteiger partial charge < -0.3 is 10.4 Å². The lowest BCUT2D eigenvalue weighted by Gasteiger charge is -2.31. The number of sulfonamides is 1. The smallest absolute Gasteiger partial charge is 0.382 e. The van der Waals surface area contributed by atoms with Gasteiger partial charge in [-0.3, -0.25) is 0 Å². The molecule has 114 valence electrons. The average molecular weight is 304 g/mol. The van der Waals surface area contributed by atoms with Gasteiger partial charge in [-0.15, -0.1) is 0 Å². The Hall–Kier alpha value is -0.380. The van der Waals surface area contributed by atoms with Crippen LogP contribution in [0.4, 0.5) is 13.2 Å². The molecule has 0 aromatic heterocycles.